The average Bonchev–Trinajstić information content (AvgIpc) is 2.55. The summed E-state index contributed by atoms with van der Waals surface area (Å²) in [6.07, 6.45) is 0. The standard InChI is InChI=1S/C3H7NO.CH3NO/c1-2-5-3-4-1;1-2-3-1/h4H,1-3H2;2H,1H2. The van der Waals surface area contributed by atoms with Crippen molar-refractivity contribution in [3.63, 3.8) is 0 Å². The van der Waals surface area contributed by atoms with Crippen LogP contribution in [-0.2, 0) is 9.57 Å². The fraction of sp³-hybridized carbons (Fsp3) is 1.00. The third kappa shape index (κ3) is 4.01. The highest BCUT2D eigenvalue weighted by molar-refractivity contribution is 4.43. The van der Waals surface area contributed by atoms with Crippen molar-refractivity contribution < 1.29 is 9.57 Å². The van der Waals surface area contributed by atoms with Gasteiger partial charge in [-0.25, -0.2) is 0 Å². The molecule has 2 rings (SSSR count). The van der Waals surface area contributed by atoms with Gasteiger partial charge in [-0.1, -0.05) is 0 Å². The lowest BCUT2D eigenvalue weighted by atomic mass is 10.7. The summed E-state index contributed by atoms with van der Waals surface area (Å²) >= 11 is 0. The van der Waals surface area contributed by atoms with E-state index in [2.05, 4.69) is 15.6 Å². The lowest BCUT2D eigenvalue weighted by Crippen LogP contribution is -2.05. The number of nitrogens with one attached hydrogen (secondary N) is 2. The van der Waals surface area contributed by atoms with E-state index in [1.165, 1.54) is 0 Å². The van der Waals surface area contributed by atoms with E-state index in [-0.39, 0.29) is 0 Å². The maximum absolute atomic E-state index is 4.83. The summed E-state index contributed by atoms with van der Waals surface area (Å²) in [6, 6.07) is 0. The van der Waals surface area contributed by atoms with Gasteiger partial charge in [0.2, 0.25) is 0 Å². The van der Waals surface area contributed by atoms with E-state index in [0.29, 0.717) is 0 Å². The van der Waals surface area contributed by atoms with Gasteiger partial charge >= 0.3 is 0 Å². The summed E-state index contributed by atoms with van der Waals surface area (Å²) in [4.78, 5) is 4.25. The van der Waals surface area contributed by atoms with Gasteiger partial charge in [-0.2, -0.15) is 5.48 Å². The predicted molar refractivity (Wildman–Crippen MR) is 27.9 cm³/mol. The normalized spacial score (nSPS) is 24.0. The molecule has 2 heterocycles. The third-order valence-corrected chi connectivity index (χ3v) is 0.772. The highest BCUT2D eigenvalue weighted by Gasteiger charge is 1.92. The Morgan fingerprint density at radius 3 is 2.12 bits per heavy atom. The quantitative estimate of drug-likeness (QED) is 0.402. The van der Waals surface area contributed by atoms with E-state index in [0.717, 1.165) is 26.6 Å². The molecule has 0 aromatic carbocycles. The van der Waals surface area contributed by atoms with E-state index >= 15 is 0 Å². The smallest absolute Gasteiger partial charge is 0.141 e. The van der Waals surface area contributed by atoms with Gasteiger partial charge in [-0.3, -0.25) is 10.2 Å². The molecule has 0 unspecified atom stereocenters. The van der Waals surface area contributed by atoms with Gasteiger partial charge < -0.3 is 4.74 Å². The molecule has 0 aliphatic carbocycles. The Morgan fingerprint density at radius 1 is 1.25 bits per heavy atom. The molecule has 0 bridgehead atoms. The van der Waals surface area contributed by atoms with Gasteiger partial charge in [-0.05, 0) is 0 Å². The second-order valence-corrected chi connectivity index (χ2v) is 1.49. The monoisotopic (exact) mass is 118 g/mol. The molecule has 2 N–H and O–H groups in total. The first kappa shape index (κ1) is 5.97. The minimum atomic E-state index is 0.750. The zero-order chi connectivity index (χ0) is 5.66. The van der Waals surface area contributed by atoms with Crippen LogP contribution in [0.15, 0.2) is 0 Å². The minimum absolute atomic E-state index is 0.750. The number of hydrogen-bond acceptors (Lipinski definition) is 4. The van der Waals surface area contributed by atoms with Crippen molar-refractivity contribution in [3.05, 3.63) is 0 Å². The molecule has 0 aromatic heterocycles. The number of hydrogen-bond donors (Lipinski definition) is 2. The minimum Gasteiger partial charge on any atom is -0.365 e. The SMILES string of the molecule is C1COCN1.C1NO1. The first-order chi connectivity index (χ1) is 4.00. The second-order valence-electron chi connectivity index (χ2n) is 1.49. The van der Waals surface area contributed by atoms with E-state index in [4.69, 9.17) is 4.74 Å². The molecule has 4 nitrogen and oxygen atoms in total. The Morgan fingerprint density at radius 2 is 2.00 bits per heavy atom. The van der Waals surface area contributed by atoms with Crippen molar-refractivity contribution in [3.8, 4) is 0 Å². The van der Waals surface area contributed by atoms with Crippen molar-refractivity contribution >= 4 is 0 Å². The van der Waals surface area contributed by atoms with Crippen LogP contribution in [-0.4, -0.2) is 26.6 Å². The van der Waals surface area contributed by atoms with Crippen LogP contribution in [0.5, 0.6) is 0 Å². The van der Waals surface area contributed by atoms with Gasteiger partial charge in [-0.15, -0.1) is 0 Å². The van der Waals surface area contributed by atoms with Crippen LogP contribution in [0.3, 0.4) is 0 Å². The molecule has 2 aliphatic heterocycles. The van der Waals surface area contributed by atoms with Crippen LogP contribution in [0.4, 0.5) is 0 Å². The molecule has 0 aromatic rings. The summed E-state index contributed by atoms with van der Waals surface area (Å²) in [7, 11) is 0. The fourth-order valence-electron chi connectivity index (χ4n) is 0.361. The van der Waals surface area contributed by atoms with Gasteiger partial charge in [0.15, 0.2) is 0 Å². The summed E-state index contributed by atoms with van der Waals surface area (Å²) in [5, 5.41) is 3.00. The van der Waals surface area contributed by atoms with Crippen LogP contribution < -0.4 is 10.8 Å². The third-order valence-electron chi connectivity index (χ3n) is 0.772. The Labute approximate surface area is 48.1 Å². The maximum Gasteiger partial charge on any atom is 0.141 e. The summed E-state index contributed by atoms with van der Waals surface area (Å²) in [5.41, 5.74) is 2.50. The first-order valence-electron chi connectivity index (χ1n) is 2.63. The zero-order valence-electron chi connectivity index (χ0n) is 4.64. The fourth-order valence-corrected chi connectivity index (χ4v) is 0.361. The van der Waals surface area contributed by atoms with E-state index in [1.807, 2.05) is 0 Å². The summed E-state index contributed by atoms with van der Waals surface area (Å²) < 4.78 is 4.83. The van der Waals surface area contributed by atoms with E-state index in [9.17, 15) is 0 Å². The molecule has 0 amide bonds. The molecule has 8 heavy (non-hydrogen) atoms. The molecule has 0 spiro atoms. The molecule has 0 saturated carbocycles. The molecule has 4 heteroatoms. The van der Waals surface area contributed by atoms with Gasteiger partial charge in [0.1, 0.15) is 6.73 Å². The topological polar surface area (TPSA) is 55.7 Å². The van der Waals surface area contributed by atoms with Crippen LogP contribution in [0.1, 0.15) is 0 Å². The Bertz CT molecular complexity index is 43.6. The van der Waals surface area contributed by atoms with Crippen molar-refractivity contribution in [2.45, 2.75) is 0 Å². The summed E-state index contributed by atoms with van der Waals surface area (Å²) in [6.45, 7) is 3.42. The highest BCUT2D eigenvalue weighted by Crippen LogP contribution is 1.75. The first-order valence-corrected chi connectivity index (χ1v) is 2.63. The lowest BCUT2D eigenvalue weighted by molar-refractivity contribution is 0.194. The molecule has 0 atom stereocenters. The van der Waals surface area contributed by atoms with Crippen LogP contribution in [0, 0.1) is 0 Å². The summed E-state index contributed by atoms with van der Waals surface area (Å²) in [5.74, 6) is 0. The molecule has 0 radical (unpaired) electrons. The van der Waals surface area contributed by atoms with Crippen LogP contribution in [0.25, 0.3) is 0 Å². The maximum atomic E-state index is 4.83. The Hall–Kier alpha value is -0.160. The van der Waals surface area contributed by atoms with Gasteiger partial charge in [0.05, 0.1) is 13.3 Å². The molecular weight excluding hydrogens is 108 g/mol. The van der Waals surface area contributed by atoms with Crippen molar-refractivity contribution in [2.75, 3.05) is 26.6 Å². The largest absolute Gasteiger partial charge is 0.365 e. The molecular formula is C4H10N2O2. The van der Waals surface area contributed by atoms with Crippen LogP contribution in [0.2, 0.25) is 0 Å². The number of hydroxylamine groups is 1. The molecule has 2 saturated heterocycles. The lowest BCUT2D eigenvalue weighted by Gasteiger charge is -1.76. The average molecular weight is 118 g/mol. The second kappa shape index (κ2) is 3.80. The van der Waals surface area contributed by atoms with Crippen molar-refractivity contribution in [1.29, 1.82) is 0 Å². The zero-order valence-corrected chi connectivity index (χ0v) is 4.64. The molecule has 2 fully saturated rings. The van der Waals surface area contributed by atoms with E-state index in [1.54, 1.807) is 0 Å². The number of ether oxygens (including phenoxy) is 1. The molecule has 48 valence electrons. The van der Waals surface area contributed by atoms with Crippen molar-refractivity contribution in [1.82, 2.24) is 10.8 Å². The van der Waals surface area contributed by atoms with Crippen LogP contribution >= 0.6 is 0 Å². The molecule has 2 aliphatic rings. The Balaban J connectivity index is 0.0000000907. The highest BCUT2D eigenvalue weighted by atomic mass is 16.8. The number of rotatable bonds is 0. The van der Waals surface area contributed by atoms with E-state index < -0.39 is 0 Å². The Kier molecular flexibility index (Phi) is 2.83. The van der Waals surface area contributed by atoms with Gasteiger partial charge in [0.25, 0.3) is 0 Å². The van der Waals surface area contributed by atoms with Gasteiger partial charge in [0, 0.05) is 6.54 Å². The van der Waals surface area contributed by atoms with Crippen molar-refractivity contribution in [2.24, 2.45) is 0 Å². The predicted octanol–water partition coefficient (Wildman–Crippen LogP) is -0.958.